The van der Waals surface area contributed by atoms with E-state index in [9.17, 15) is 0 Å². The van der Waals surface area contributed by atoms with Gasteiger partial charge in [0.2, 0.25) is 0 Å². The summed E-state index contributed by atoms with van der Waals surface area (Å²) in [6.45, 7) is 2.09. The standard InChI is InChI=1S/C12H16ClN3/c13-10-1-2-11-9(3-4-14)8-16(6-5-15)12(11)7-10/h1-2,7-8H,3-6,14-15H2. The second kappa shape index (κ2) is 4.87. The number of rotatable bonds is 4. The van der Waals surface area contributed by atoms with Crippen LogP contribution in [-0.2, 0) is 13.0 Å². The largest absolute Gasteiger partial charge is 0.346 e. The third-order valence-corrected chi connectivity index (χ3v) is 2.95. The highest BCUT2D eigenvalue weighted by Crippen LogP contribution is 2.24. The maximum Gasteiger partial charge on any atom is 0.0498 e. The van der Waals surface area contributed by atoms with Gasteiger partial charge in [-0.15, -0.1) is 0 Å². The third kappa shape index (κ3) is 2.07. The van der Waals surface area contributed by atoms with Gasteiger partial charge >= 0.3 is 0 Å². The van der Waals surface area contributed by atoms with Crippen molar-refractivity contribution in [3.8, 4) is 0 Å². The molecule has 2 aromatic rings. The average Bonchev–Trinajstić information content (AvgIpc) is 2.58. The molecular formula is C12H16ClN3. The van der Waals surface area contributed by atoms with Gasteiger partial charge in [0.15, 0.2) is 0 Å². The molecule has 0 radical (unpaired) electrons. The van der Waals surface area contributed by atoms with Crippen LogP contribution in [0.5, 0.6) is 0 Å². The van der Waals surface area contributed by atoms with Crippen LogP contribution in [-0.4, -0.2) is 17.7 Å². The number of nitrogens with zero attached hydrogens (tertiary/aromatic N) is 1. The number of halogens is 1. The summed E-state index contributed by atoms with van der Waals surface area (Å²) in [6, 6.07) is 5.94. The molecule has 1 aromatic heterocycles. The van der Waals surface area contributed by atoms with E-state index < -0.39 is 0 Å². The van der Waals surface area contributed by atoms with Crippen LogP contribution in [0.2, 0.25) is 5.02 Å². The van der Waals surface area contributed by atoms with Crippen molar-refractivity contribution >= 4 is 22.5 Å². The molecule has 0 saturated heterocycles. The van der Waals surface area contributed by atoms with Crippen LogP contribution in [0.3, 0.4) is 0 Å². The van der Waals surface area contributed by atoms with Crippen LogP contribution in [0.15, 0.2) is 24.4 Å². The zero-order valence-electron chi connectivity index (χ0n) is 9.12. The van der Waals surface area contributed by atoms with Crippen molar-refractivity contribution in [1.29, 1.82) is 0 Å². The molecule has 0 unspecified atom stereocenters. The Bertz CT molecular complexity index is 490. The van der Waals surface area contributed by atoms with Crippen molar-refractivity contribution in [3.63, 3.8) is 0 Å². The first-order chi connectivity index (χ1) is 7.76. The van der Waals surface area contributed by atoms with Crippen LogP contribution in [0, 0.1) is 0 Å². The van der Waals surface area contributed by atoms with E-state index in [4.69, 9.17) is 23.1 Å². The number of fused-ring (bicyclic) bond motifs is 1. The zero-order valence-corrected chi connectivity index (χ0v) is 9.87. The van der Waals surface area contributed by atoms with Crippen molar-refractivity contribution in [1.82, 2.24) is 4.57 Å². The minimum absolute atomic E-state index is 0.623. The molecule has 0 aliphatic rings. The molecule has 1 aromatic carbocycles. The maximum absolute atomic E-state index is 6.01. The predicted molar refractivity (Wildman–Crippen MR) is 68.8 cm³/mol. The van der Waals surface area contributed by atoms with Gasteiger partial charge < -0.3 is 16.0 Å². The minimum Gasteiger partial charge on any atom is -0.346 e. The summed E-state index contributed by atoms with van der Waals surface area (Å²) < 4.78 is 2.15. The molecule has 1 heterocycles. The molecule has 0 bridgehead atoms. The lowest BCUT2D eigenvalue weighted by molar-refractivity contribution is 0.731. The maximum atomic E-state index is 6.01. The van der Waals surface area contributed by atoms with E-state index in [1.807, 2.05) is 12.1 Å². The fraction of sp³-hybridized carbons (Fsp3) is 0.333. The Labute approximate surface area is 100.0 Å². The van der Waals surface area contributed by atoms with Crippen LogP contribution in [0.1, 0.15) is 5.56 Å². The van der Waals surface area contributed by atoms with Crippen LogP contribution in [0.25, 0.3) is 10.9 Å². The number of hydrogen-bond donors (Lipinski definition) is 2. The quantitative estimate of drug-likeness (QED) is 0.851. The first-order valence-corrected chi connectivity index (χ1v) is 5.81. The fourth-order valence-electron chi connectivity index (χ4n) is 2.02. The molecule has 16 heavy (non-hydrogen) atoms. The average molecular weight is 238 g/mol. The van der Waals surface area contributed by atoms with Gasteiger partial charge in [-0.1, -0.05) is 17.7 Å². The van der Waals surface area contributed by atoms with Gasteiger partial charge in [0.1, 0.15) is 0 Å². The van der Waals surface area contributed by atoms with Crippen molar-refractivity contribution in [3.05, 3.63) is 35.0 Å². The normalized spacial score (nSPS) is 11.2. The predicted octanol–water partition coefficient (Wildman–Crippen LogP) is 1.75. The smallest absolute Gasteiger partial charge is 0.0498 e. The van der Waals surface area contributed by atoms with Gasteiger partial charge in [0.05, 0.1) is 0 Å². The minimum atomic E-state index is 0.623. The Balaban J connectivity index is 2.56. The summed E-state index contributed by atoms with van der Waals surface area (Å²) in [6.07, 6.45) is 3.01. The van der Waals surface area contributed by atoms with Crippen molar-refractivity contribution < 1.29 is 0 Å². The third-order valence-electron chi connectivity index (χ3n) is 2.71. The molecule has 4 N–H and O–H groups in total. The molecule has 0 saturated carbocycles. The van der Waals surface area contributed by atoms with E-state index in [1.165, 1.54) is 10.9 Å². The molecule has 3 nitrogen and oxygen atoms in total. The van der Waals surface area contributed by atoms with Crippen LogP contribution < -0.4 is 11.5 Å². The number of benzene rings is 1. The van der Waals surface area contributed by atoms with E-state index >= 15 is 0 Å². The van der Waals surface area contributed by atoms with Gasteiger partial charge in [-0.05, 0) is 30.7 Å². The molecule has 0 fully saturated rings. The number of hydrogen-bond acceptors (Lipinski definition) is 2. The summed E-state index contributed by atoms with van der Waals surface area (Å²) in [5.41, 5.74) is 13.6. The van der Waals surface area contributed by atoms with Crippen LogP contribution in [0.4, 0.5) is 0 Å². The highest BCUT2D eigenvalue weighted by molar-refractivity contribution is 6.31. The van der Waals surface area contributed by atoms with Crippen molar-refractivity contribution in [2.45, 2.75) is 13.0 Å². The molecular weight excluding hydrogens is 222 g/mol. The monoisotopic (exact) mass is 237 g/mol. The Morgan fingerprint density at radius 2 is 2.00 bits per heavy atom. The molecule has 4 heteroatoms. The zero-order chi connectivity index (χ0) is 11.5. The second-order valence-corrected chi connectivity index (χ2v) is 4.27. The number of aromatic nitrogens is 1. The SMILES string of the molecule is NCCc1cn(CCN)c2cc(Cl)ccc12. The topological polar surface area (TPSA) is 57.0 Å². The van der Waals surface area contributed by atoms with Gasteiger partial charge in [0, 0.05) is 35.2 Å². The Kier molecular flexibility index (Phi) is 3.49. The summed E-state index contributed by atoms with van der Waals surface area (Å²) >= 11 is 6.01. The Hall–Kier alpha value is -1.03. The van der Waals surface area contributed by atoms with E-state index in [-0.39, 0.29) is 0 Å². The lowest BCUT2D eigenvalue weighted by Gasteiger charge is -2.02. The van der Waals surface area contributed by atoms with Gasteiger partial charge in [-0.25, -0.2) is 0 Å². The molecule has 2 rings (SSSR count). The van der Waals surface area contributed by atoms with E-state index in [0.717, 1.165) is 23.5 Å². The van der Waals surface area contributed by atoms with E-state index in [2.05, 4.69) is 16.8 Å². The summed E-state index contributed by atoms with van der Waals surface area (Å²) in [7, 11) is 0. The van der Waals surface area contributed by atoms with Gasteiger partial charge in [0.25, 0.3) is 0 Å². The Morgan fingerprint density at radius 1 is 1.19 bits per heavy atom. The molecule has 0 aliphatic heterocycles. The van der Waals surface area contributed by atoms with Gasteiger partial charge in [-0.3, -0.25) is 0 Å². The van der Waals surface area contributed by atoms with Crippen molar-refractivity contribution in [2.75, 3.05) is 13.1 Å². The molecule has 0 spiro atoms. The van der Waals surface area contributed by atoms with Crippen molar-refractivity contribution in [2.24, 2.45) is 11.5 Å². The molecule has 0 amide bonds. The summed E-state index contributed by atoms with van der Waals surface area (Å²) in [4.78, 5) is 0. The summed E-state index contributed by atoms with van der Waals surface area (Å²) in [5.74, 6) is 0. The second-order valence-electron chi connectivity index (χ2n) is 3.84. The first kappa shape index (κ1) is 11.5. The lowest BCUT2D eigenvalue weighted by Crippen LogP contribution is -2.08. The highest BCUT2D eigenvalue weighted by atomic mass is 35.5. The highest BCUT2D eigenvalue weighted by Gasteiger charge is 2.07. The fourth-order valence-corrected chi connectivity index (χ4v) is 2.19. The molecule has 0 atom stereocenters. The lowest BCUT2D eigenvalue weighted by atomic mass is 10.1. The Morgan fingerprint density at radius 3 is 2.69 bits per heavy atom. The van der Waals surface area contributed by atoms with Crippen LogP contribution >= 0.6 is 11.6 Å². The number of nitrogens with two attached hydrogens (primary N) is 2. The van der Waals surface area contributed by atoms with E-state index in [0.29, 0.717) is 13.1 Å². The first-order valence-electron chi connectivity index (χ1n) is 5.43. The van der Waals surface area contributed by atoms with Gasteiger partial charge in [-0.2, -0.15) is 0 Å². The molecule has 0 aliphatic carbocycles. The summed E-state index contributed by atoms with van der Waals surface area (Å²) in [5, 5.41) is 1.98. The molecule has 86 valence electrons. The van der Waals surface area contributed by atoms with E-state index in [1.54, 1.807) is 0 Å².